The molecule has 1 amide bonds. The Kier molecular flexibility index (Phi) is 4.79. The summed E-state index contributed by atoms with van der Waals surface area (Å²) in [5.74, 6) is -0.256. The van der Waals surface area contributed by atoms with Crippen molar-refractivity contribution in [3.63, 3.8) is 0 Å². The molecule has 1 aliphatic rings. The first-order valence-electron chi connectivity index (χ1n) is 7.57. The van der Waals surface area contributed by atoms with Crippen LogP contribution in [0.5, 0.6) is 0 Å². The maximum absolute atomic E-state index is 12.5. The van der Waals surface area contributed by atoms with Gasteiger partial charge in [0.05, 0.1) is 5.02 Å². The van der Waals surface area contributed by atoms with Crippen molar-refractivity contribution in [3.8, 4) is 0 Å². The molecule has 6 heteroatoms. The Morgan fingerprint density at radius 2 is 1.83 bits per heavy atom. The quantitative estimate of drug-likeness (QED) is 0.935. The fraction of sp³-hybridized carbons (Fsp3) is 0.294. The average molecular weight is 332 g/mol. The third-order valence-corrected chi connectivity index (χ3v) is 4.23. The number of halogens is 1. The van der Waals surface area contributed by atoms with Gasteiger partial charge in [-0.25, -0.2) is 0 Å². The fourth-order valence-electron chi connectivity index (χ4n) is 2.74. The van der Waals surface area contributed by atoms with E-state index in [1.807, 2.05) is 18.2 Å². The van der Waals surface area contributed by atoms with Crippen LogP contribution in [0.4, 0.5) is 0 Å². The Morgan fingerprint density at radius 1 is 1.13 bits per heavy atom. The molecule has 1 saturated heterocycles. The van der Waals surface area contributed by atoms with Gasteiger partial charge in [-0.2, -0.15) is 0 Å². The van der Waals surface area contributed by atoms with Gasteiger partial charge in [-0.3, -0.25) is 14.5 Å². The maximum atomic E-state index is 12.5. The normalized spacial score (nSPS) is 15.6. The molecule has 5 nitrogen and oxygen atoms in total. The molecule has 1 aliphatic heterocycles. The van der Waals surface area contributed by atoms with Crippen molar-refractivity contribution >= 4 is 17.5 Å². The second kappa shape index (κ2) is 6.98. The first-order valence-corrected chi connectivity index (χ1v) is 7.95. The van der Waals surface area contributed by atoms with Crippen molar-refractivity contribution < 1.29 is 4.79 Å². The summed E-state index contributed by atoms with van der Waals surface area (Å²) in [7, 11) is 0. The number of amides is 1. The molecule has 0 radical (unpaired) electrons. The molecular formula is C17H18ClN3O2. The van der Waals surface area contributed by atoms with Crippen LogP contribution in [0.25, 0.3) is 0 Å². The molecule has 23 heavy (non-hydrogen) atoms. The summed E-state index contributed by atoms with van der Waals surface area (Å²) in [4.78, 5) is 30.8. The number of carbonyl (C=O) groups excluding carboxylic acids is 1. The SMILES string of the molecule is O=C(c1cc(Cl)c[nH]c1=O)N1CCN(Cc2ccccc2)CC1. The van der Waals surface area contributed by atoms with Crippen molar-refractivity contribution in [2.75, 3.05) is 26.2 Å². The van der Waals surface area contributed by atoms with Crippen molar-refractivity contribution in [1.29, 1.82) is 0 Å². The van der Waals surface area contributed by atoms with E-state index in [2.05, 4.69) is 22.0 Å². The zero-order chi connectivity index (χ0) is 16.2. The van der Waals surface area contributed by atoms with Gasteiger partial charge in [0, 0.05) is 38.9 Å². The van der Waals surface area contributed by atoms with E-state index in [4.69, 9.17) is 11.6 Å². The molecule has 0 spiro atoms. The van der Waals surface area contributed by atoms with Gasteiger partial charge in [0.25, 0.3) is 11.5 Å². The van der Waals surface area contributed by atoms with Gasteiger partial charge in [0.2, 0.25) is 0 Å². The fourth-order valence-corrected chi connectivity index (χ4v) is 2.90. The lowest BCUT2D eigenvalue weighted by Gasteiger charge is -2.34. The van der Waals surface area contributed by atoms with Crippen LogP contribution >= 0.6 is 11.6 Å². The number of carbonyl (C=O) groups is 1. The van der Waals surface area contributed by atoms with Crippen LogP contribution in [0.2, 0.25) is 5.02 Å². The summed E-state index contributed by atoms with van der Waals surface area (Å²) >= 11 is 5.86. The highest BCUT2D eigenvalue weighted by Gasteiger charge is 2.24. The number of nitrogens with one attached hydrogen (secondary N) is 1. The number of nitrogens with zero attached hydrogens (tertiary/aromatic N) is 2. The molecule has 0 unspecified atom stereocenters. The lowest BCUT2D eigenvalue weighted by Crippen LogP contribution is -2.49. The molecule has 0 bridgehead atoms. The topological polar surface area (TPSA) is 56.4 Å². The molecule has 0 aliphatic carbocycles. The summed E-state index contributed by atoms with van der Waals surface area (Å²) in [6, 6.07) is 11.7. The average Bonchev–Trinajstić information content (AvgIpc) is 2.58. The van der Waals surface area contributed by atoms with Gasteiger partial charge in [0.15, 0.2) is 0 Å². The number of pyridine rings is 1. The van der Waals surface area contributed by atoms with Crippen LogP contribution in [0.15, 0.2) is 47.4 Å². The first-order chi connectivity index (χ1) is 11.1. The van der Waals surface area contributed by atoms with E-state index in [1.165, 1.54) is 17.8 Å². The largest absolute Gasteiger partial charge is 0.336 e. The molecule has 120 valence electrons. The minimum atomic E-state index is -0.397. The molecule has 1 N–H and O–H groups in total. The first kappa shape index (κ1) is 15.8. The van der Waals surface area contributed by atoms with Crippen LogP contribution < -0.4 is 5.56 Å². The molecule has 1 aromatic heterocycles. The van der Waals surface area contributed by atoms with Crippen molar-refractivity contribution in [2.45, 2.75) is 6.54 Å². The number of aromatic nitrogens is 1. The summed E-state index contributed by atoms with van der Waals surface area (Å²) in [5.41, 5.74) is 0.971. The van der Waals surface area contributed by atoms with Crippen molar-refractivity contribution in [1.82, 2.24) is 14.8 Å². The van der Waals surface area contributed by atoms with E-state index in [0.717, 1.165) is 19.6 Å². The number of hydrogen-bond donors (Lipinski definition) is 1. The zero-order valence-corrected chi connectivity index (χ0v) is 13.4. The van der Waals surface area contributed by atoms with E-state index in [0.29, 0.717) is 18.1 Å². The van der Waals surface area contributed by atoms with Gasteiger partial charge in [-0.15, -0.1) is 0 Å². The monoisotopic (exact) mass is 331 g/mol. The minimum Gasteiger partial charge on any atom is -0.336 e. The molecule has 0 atom stereocenters. The van der Waals surface area contributed by atoms with Crippen molar-refractivity contribution in [2.24, 2.45) is 0 Å². The predicted molar refractivity (Wildman–Crippen MR) is 89.7 cm³/mol. The molecule has 0 saturated carbocycles. The zero-order valence-electron chi connectivity index (χ0n) is 12.7. The molecule has 1 aromatic carbocycles. The summed E-state index contributed by atoms with van der Waals surface area (Å²) in [6.07, 6.45) is 1.39. The summed E-state index contributed by atoms with van der Waals surface area (Å²) in [5, 5.41) is 0.357. The Hall–Kier alpha value is -2.11. The van der Waals surface area contributed by atoms with Crippen molar-refractivity contribution in [3.05, 3.63) is 69.1 Å². The molecule has 1 fully saturated rings. The second-order valence-corrected chi connectivity index (χ2v) is 6.05. The van der Waals surface area contributed by atoms with Crippen LogP contribution in [0, 0.1) is 0 Å². The standard InChI is InChI=1S/C17H18ClN3O2/c18-14-10-15(16(22)19-11-14)17(23)21-8-6-20(7-9-21)12-13-4-2-1-3-5-13/h1-5,10-11H,6-9,12H2,(H,19,22). The maximum Gasteiger partial charge on any atom is 0.260 e. The number of aromatic amines is 1. The Labute approximate surface area is 139 Å². The number of hydrogen-bond acceptors (Lipinski definition) is 3. The molecule has 2 aromatic rings. The molecular weight excluding hydrogens is 314 g/mol. The third kappa shape index (κ3) is 3.81. The number of rotatable bonds is 3. The Balaban J connectivity index is 1.61. The number of H-pyrrole nitrogens is 1. The highest BCUT2D eigenvalue weighted by Crippen LogP contribution is 2.12. The third-order valence-electron chi connectivity index (χ3n) is 4.01. The summed E-state index contributed by atoms with van der Waals surface area (Å²) in [6.45, 7) is 3.67. The van der Waals surface area contributed by atoms with Gasteiger partial charge in [-0.1, -0.05) is 41.9 Å². The highest BCUT2D eigenvalue weighted by atomic mass is 35.5. The highest BCUT2D eigenvalue weighted by molar-refractivity contribution is 6.30. The van der Waals surface area contributed by atoms with Gasteiger partial charge in [-0.05, 0) is 11.6 Å². The Bertz CT molecular complexity index is 737. The second-order valence-electron chi connectivity index (χ2n) is 5.61. The smallest absolute Gasteiger partial charge is 0.260 e. The molecule has 2 heterocycles. The van der Waals surface area contributed by atoms with Crippen LogP contribution in [0.3, 0.4) is 0 Å². The number of piperazine rings is 1. The van der Waals surface area contributed by atoms with Crippen LogP contribution in [0.1, 0.15) is 15.9 Å². The Morgan fingerprint density at radius 3 is 2.52 bits per heavy atom. The van der Waals surface area contributed by atoms with Crippen LogP contribution in [-0.2, 0) is 6.54 Å². The van der Waals surface area contributed by atoms with Gasteiger partial charge < -0.3 is 9.88 Å². The predicted octanol–water partition coefficient (Wildman–Crippen LogP) is 1.99. The van der Waals surface area contributed by atoms with Crippen LogP contribution in [-0.4, -0.2) is 46.9 Å². The van der Waals surface area contributed by atoms with E-state index in [9.17, 15) is 9.59 Å². The minimum absolute atomic E-state index is 0.106. The van der Waals surface area contributed by atoms with E-state index < -0.39 is 5.56 Å². The lowest BCUT2D eigenvalue weighted by atomic mass is 10.2. The van der Waals surface area contributed by atoms with E-state index >= 15 is 0 Å². The lowest BCUT2D eigenvalue weighted by molar-refractivity contribution is 0.0626. The number of benzene rings is 1. The van der Waals surface area contributed by atoms with Gasteiger partial charge in [0.1, 0.15) is 5.56 Å². The summed E-state index contributed by atoms with van der Waals surface area (Å²) < 4.78 is 0. The molecule has 3 rings (SSSR count). The van der Waals surface area contributed by atoms with E-state index in [-0.39, 0.29) is 11.5 Å². The van der Waals surface area contributed by atoms with Gasteiger partial charge >= 0.3 is 0 Å². The van der Waals surface area contributed by atoms with E-state index in [1.54, 1.807) is 4.90 Å².